The van der Waals surface area contributed by atoms with Gasteiger partial charge in [0.05, 0.1) is 0 Å². The third-order valence-electron chi connectivity index (χ3n) is 2.98. The minimum absolute atomic E-state index is 0.0150. The Morgan fingerprint density at radius 1 is 1.37 bits per heavy atom. The summed E-state index contributed by atoms with van der Waals surface area (Å²) in [6, 6.07) is 5.90. The standard InChI is InChI=1S/C14H18N4O/c1-10-5-6-11(2)12(8-10)14(19)15-7-3-4-13-16-9-17-18-13/h5-6,8-9H,3-4,7H2,1-2H3,(H,15,19)(H,16,17,18). The first-order chi connectivity index (χ1) is 9.16. The molecule has 0 radical (unpaired) electrons. The Balaban J connectivity index is 1.82. The van der Waals surface area contributed by atoms with Crippen molar-refractivity contribution in [3.63, 3.8) is 0 Å². The Labute approximate surface area is 112 Å². The topological polar surface area (TPSA) is 70.7 Å². The maximum atomic E-state index is 12.0. The maximum Gasteiger partial charge on any atom is 0.251 e. The van der Waals surface area contributed by atoms with Crippen molar-refractivity contribution in [2.24, 2.45) is 0 Å². The number of carbonyl (C=O) groups excluding carboxylic acids is 1. The molecular formula is C14H18N4O. The normalized spacial score (nSPS) is 10.4. The van der Waals surface area contributed by atoms with Crippen LogP contribution in [0.5, 0.6) is 0 Å². The first kappa shape index (κ1) is 13.3. The van der Waals surface area contributed by atoms with E-state index in [0.29, 0.717) is 6.54 Å². The van der Waals surface area contributed by atoms with Crippen LogP contribution < -0.4 is 5.32 Å². The predicted molar refractivity (Wildman–Crippen MR) is 73.0 cm³/mol. The minimum atomic E-state index is -0.0150. The highest BCUT2D eigenvalue weighted by molar-refractivity contribution is 5.95. The van der Waals surface area contributed by atoms with Crippen LogP contribution in [-0.2, 0) is 6.42 Å². The molecule has 0 atom stereocenters. The van der Waals surface area contributed by atoms with Crippen molar-refractivity contribution in [1.82, 2.24) is 20.5 Å². The van der Waals surface area contributed by atoms with Gasteiger partial charge >= 0.3 is 0 Å². The molecule has 0 unspecified atom stereocenters. The molecule has 0 saturated carbocycles. The van der Waals surface area contributed by atoms with Crippen molar-refractivity contribution in [3.05, 3.63) is 47.0 Å². The van der Waals surface area contributed by atoms with Crippen LogP contribution in [0.4, 0.5) is 0 Å². The molecule has 2 rings (SSSR count). The first-order valence-electron chi connectivity index (χ1n) is 6.36. The lowest BCUT2D eigenvalue weighted by atomic mass is 10.1. The molecule has 0 bridgehead atoms. The van der Waals surface area contributed by atoms with Gasteiger partial charge < -0.3 is 5.32 Å². The summed E-state index contributed by atoms with van der Waals surface area (Å²) in [5.41, 5.74) is 2.84. The summed E-state index contributed by atoms with van der Waals surface area (Å²) < 4.78 is 0. The second-order valence-corrected chi connectivity index (χ2v) is 4.61. The molecule has 0 spiro atoms. The van der Waals surface area contributed by atoms with Gasteiger partial charge in [-0.1, -0.05) is 17.7 Å². The Bertz CT molecular complexity index is 549. The zero-order chi connectivity index (χ0) is 13.7. The summed E-state index contributed by atoms with van der Waals surface area (Å²) in [5, 5.41) is 9.51. The van der Waals surface area contributed by atoms with Gasteiger partial charge in [-0.15, -0.1) is 0 Å². The van der Waals surface area contributed by atoms with E-state index in [1.165, 1.54) is 6.33 Å². The highest BCUT2D eigenvalue weighted by Gasteiger charge is 2.08. The van der Waals surface area contributed by atoms with Crippen molar-refractivity contribution in [3.8, 4) is 0 Å². The molecule has 1 aromatic heterocycles. The van der Waals surface area contributed by atoms with E-state index in [1.807, 2.05) is 32.0 Å². The van der Waals surface area contributed by atoms with Crippen LogP contribution in [0.2, 0.25) is 0 Å². The van der Waals surface area contributed by atoms with Gasteiger partial charge in [0, 0.05) is 18.5 Å². The third kappa shape index (κ3) is 3.64. The van der Waals surface area contributed by atoms with Gasteiger partial charge in [-0.25, -0.2) is 4.98 Å². The summed E-state index contributed by atoms with van der Waals surface area (Å²) in [6.45, 7) is 4.57. The molecule has 2 N–H and O–H groups in total. The lowest BCUT2D eigenvalue weighted by molar-refractivity contribution is 0.0952. The van der Waals surface area contributed by atoms with E-state index in [1.54, 1.807) is 0 Å². The van der Waals surface area contributed by atoms with Crippen molar-refractivity contribution in [2.75, 3.05) is 6.54 Å². The molecule has 0 aliphatic carbocycles. The van der Waals surface area contributed by atoms with Crippen molar-refractivity contribution >= 4 is 5.91 Å². The smallest absolute Gasteiger partial charge is 0.251 e. The fourth-order valence-electron chi connectivity index (χ4n) is 1.88. The molecule has 1 amide bonds. The number of benzene rings is 1. The van der Waals surface area contributed by atoms with Gasteiger partial charge in [-0.3, -0.25) is 9.89 Å². The van der Waals surface area contributed by atoms with Crippen LogP contribution in [0.3, 0.4) is 0 Å². The lowest BCUT2D eigenvalue weighted by Gasteiger charge is -2.08. The molecule has 0 aliphatic rings. The van der Waals surface area contributed by atoms with E-state index in [0.717, 1.165) is 35.4 Å². The minimum Gasteiger partial charge on any atom is -0.352 e. The molecule has 100 valence electrons. The van der Waals surface area contributed by atoms with E-state index < -0.39 is 0 Å². The van der Waals surface area contributed by atoms with Gasteiger partial charge in [0.2, 0.25) is 0 Å². The van der Waals surface area contributed by atoms with E-state index in [9.17, 15) is 4.79 Å². The third-order valence-corrected chi connectivity index (χ3v) is 2.98. The fraction of sp³-hybridized carbons (Fsp3) is 0.357. The molecule has 0 aliphatic heterocycles. The number of hydrogen-bond donors (Lipinski definition) is 2. The Morgan fingerprint density at radius 2 is 2.21 bits per heavy atom. The highest BCUT2D eigenvalue weighted by atomic mass is 16.1. The number of aryl methyl sites for hydroxylation is 3. The lowest BCUT2D eigenvalue weighted by Crippen LogP contribution is -2.25. The number of aromatic nitrogens is 3. The second-order valence-electron chi connectivity index (χ2n) is 4.61. The SMILES string of the molecule is Cc1ccc(C)c(C(=O)NCCCc2ncn[nH]2)c1. The van der Waals surface area contributed by atoms with E-state index >= 15 is 0 Å². The van der Waals surface area contributed by atoms with Gasteiger partial charge in [-0.05, 0) is 31.9 Å². The monoisotopic (exact) mass is 258 g/mol. The second kappa shape index (κ2) is 6.13. The number of H-pyrrole nitrogens is 1. The van der Waals surface area contributed by atoms with Crippen molar-refractivity contribution < 1.29 is 4.79 Å². The molecule has 1 heterocycles. The summed E-state index contributed by atoms with van der Waals surface area (Å²) in [4.78, 5) is 16.1. The van der Waals surface area contributed by atoms with Crippen LogP contribution >= 0.6 is 0 Å². The molecule has 19 heavy (non-hydrogen) atoms. The fourth-order valence-corrected chi connectivity index (χ4v) is 1.88. The van der Waals surface area contributed by atoms with E-state index in [4.69, 9.17) is 0 Å². The number of hydrogen-bond acceptors (Lipinski definition) is 3. The number of aromatic amines is 1. The molecular weight excluding hydrogens is 240 g/mol. The predicted octanol–water partition coefficient (Wildman–Crippen LogP) is 1.78. The Morgan fingerprint density at radius 3 is 2.95 bits per heavy atom. The molecule has 1 aromatic carbocycles. The van der Waals surface area contributed by atoms with Crippen LogP contribution in [-0.4, -0.2) is 27.6 Å². The zero-order valence-electron chi connectivity index (χ0n) is 11.2. The van der Waals surface area contributed by atoms with Crippen molar-refractivity contribution in [1.29, 1.82) is 0 Å². The number of carbonyl (C=O) groups is 1. The van der Waals surface area contributed by atoms with E-state index in [2.05, 4.69) is 20.5 Å². The quantitative estimate of drug-likeness (QED) is 0.803. The molecule has 5 heteroatoms. The number of amides is 1. The summed E-state index contributed by atoms with van der Waals surface area (Å²) >= 11 is 0. The van der Waals surface area contributed by atoms with E-state index in [-0.39, 0.29) is 5.91 Å². The number of nitrogens with zero attached hydrogens (tertiary/aromatic N) is 2. The zero-order valence-corrected chi connectivity index (χ0v) is 11.2. The van der Waals surface area contributed by atoms with Crippen LogP contribution in [0.25, 0.3) is 0 Å². The molecule has 0 fully saturated rings. The molecule has 0 saturated heterocycles. The molecule has 5 nitrogen and oxygen atoms in total. The average molecular weight is 258 g/mol. The number of rotatable bonds is 5. The van der Waals surface area contributed by atoms with Crippen LogP contribution in [0, 0.1) is 13.8 Å². The van der Waals surface area contributed by atoms with Gasteiger partial charge in [0.15, 0.2) is 0 Å². The van der Waals surface area contributed by atoms with Crippen molar-refractivity contribution in [2.45, 2.75) is 26.7 Å². The van der Waals surface area contributed by atoms with Gasteiger partial charge in [-0.2, -0.15) is 5.10 Å². The molecule has 2 aromatic rings. The summed E-state index contributed by atoms with van der Waals surface area (Å²) in [6.07, 6.45) is 3.11. The maximum absolute atomic E-state index is 12.0. The average Bonchev–Trinajstić information content (AvgIpc) is 2.90. The summed E-state index contributed by atoms with van der Waals surface area (Å²) in [5.74, 6) is 0.833. The van der Waals surface area contributed by atoms with Crippen LogP contribution in [0.1, 0.15) is 33.7 Å². The highest BCUT2D eigenvalue weighted by Crippen LogP contribution is 2.10. The van der Waals surface area contributed by atoms with Crippen LogP contribution in [0.15, 0.2) is 24.5 Å². The Hall–Kier alpha value is -2.17. The number of nitrogens with one attached hydrogen (secondary N) is 2. The van der Waals surface area contributed by atoms with Gasteiger partial charge in [0.1, 0.15) is 12.2 Å². The van der Waals surface area contributed by atoms with Gasteiger partial charge in [0.25, 0.3) is 5.91 Å². The Kier molecular flexibility index (Phi) is 4.28. The first-order valence-corrected chi connectivity index (χ1v) is 6.36. The largest absolute Gasteiger partial charge is 0.352 e. The summed E-state index contributed by atoms with van der Waals surface area (Å²) in [7, 11) is 0.